The molecule has 2 nitrogen and oxygen atoms in total. The summed E-state index contributed by atoms with van der Waals surface area (Å²) in [6.07, 6.45) is 3.13. The van der Waals surface area contributed by atoms with E-state index in [1.807, 2.05) is 6.92 Å². The zero-order valence-corrected chi connectivity index (χ0v) is 7.48. The minimum atomic E-state index is 0.797. The largest absolute Gasteiger partial charge is 0.446 e. The van der Waals surface area contributed by atoms with Crippen molar-refractivity contribution in [1.29, 1.82) is 0 Å². The van der Waals surface area contributed by atoms with E-state index in [9.17, 15) is 0 Å². The van der Waals surface area contributed by atoms with Crippen LogP contribution in [0.25, 0.3) is 0 Å². The molecule has 0 fully saturated rings. The number of aryl methyl sites for hydroxylation is 3. The Morgan fingerprint density at radius 3 is 2.64 bits per heavy atom. The lowest BCUT2D eigenvalue weighted by Gasteiger charge is -1.92. The van der Waals surface area contributed by atoms with Crippen LogP contribution in [0.3, 0.4) is 0 Å². The zero-order valence-electron chi connectivity index (χ0n) is 7.48. The smallest absolute Gasteiger partial charge is 0.191 e. The zero-order chi connectivity index (χ0) is 8.27. The summed E-state index contributed by atoms with van der Waals surface area (Å²) in [4.78, 5) is 4.30. The summed E-state index contributed by atoms with van der Waals surface area (Å²) in [7, 11) is 0. The molecule has 0 atom stereocenters. The normalized spacial score (nSPS) is 10.5. The third kappa shape index (κ3) is 1.82. The second kappa shape index (κ2) is 3.56. The number of nitrogens with zero attached hydrogens (tertiary/aromatic N) is 1. The fraction of sp³-hybridized carbons (Fsp3) is 0.667. The lowest BCUT2D eigenvalue weighted by atomic mass is 10.2. The average Bonchev–Trinajstić information content (AvgIpc) is 2.32. The minimum Gasteiger partial charge on any atom is -0.446 e. The summed E-state index contributed by atoms with van der Waals surface area (Å²) >= 11 is 0. The van der Waals surface area contributed by atoms with Gasteiger partial charge in [-0.05, 0) is 6.42 Å². The molecule has 0 aliphatic carbocycles. The first-order valence-corrected chi connectivity index (χ1v) is 4.23. The SMILES string of the molecule is CCCc1nc(C)oc1CC. The van der Waals surface area contributed by atoms with Crippen molar-refractivity contribution in [3.05, 3.63) is 17.3 Å². The molecule has 11 heavy (non-hydrogen) atoms. The predicted octanol–water partition coefficient (Wildman–Crippen LogP) is 2.50. The van der Waals surface area contributed by atoms with Crippen molar-refractivity contribution in [1.82, 2.24) is 4.98 Å². The van der Waals surface area contributed by atoms with Gasteiger partial charge in [0.1, 0.15) is 5.76 Å². The van der Waals surface area contributed by atoms with Crippen LogP contribution >= 0.6 is 0 Å². The van der Waals surface area contributed by atoms with Gasteiger partial charge in [-0.15, -0.1) is 0 Å². The van der Waals surface area contributed by atoms with Gasteiger partial charge in [0.2, 0.25) is 0 Å². The van der Waals surface area contributed by atoms with E-state index < -0.39 is 0 Å². The Hall–Kier alpha value is -0.790. The van der Waals surface area contributed by atoms with Crippen molar-refractivity contribution in [3.8, 4) is 0 Å². The fourth-order valence-corrected chi connectivity index (χ4v) is 1.22. The molecule has 0 unspecified atom stereocenters. The van der Waals surface area contributed by atoms with E-state index in [0.29, 0.717) is 0 Å². The van der Waals surface area contributed by atoms with Gasteiger partial charge in [-0.2, -0.15) is 0 Å². The van der Waals surface area contributed by atoms with Gasteiger partial charge in [0.15, 0.2) is 5.89 Å². The van der Waals surface area contributed by atoms with Crippen LogP contribution in [0.15, 0.2) is 4.42 Å². The van der Waals surface area contributed by atoms with Crippen LogP contribution in [0.4, 0.5) is 0 Å². The average molecular weight is 153 g/mol. The highest BCUT2D eigenvalue weighted by Gasteiger charge is 2.06. The number of oxazole rings is 1. The van der Waals surface area contributed by atoms with E-state index in [0.717, 1.165) is 36.6 Å². The van der Waals surface area contributed by atoms with Gasteiger partial charge in [0, 0.05) is 13.3 Å². The van der Waals surface area contributed by atoms with Gasteiger partial charge in [-0.25, -0.2) is 4.98 Å². The number of hydrogen-bond acceptors (Lipinski definition) is 2. The molecular weight excluding hydrogens is 138 g/mol. The molecule has 1 rings (SSSR count). The third-order valence-electron chi connectivity index (χ3n) is 1.69. The highest BCUT2D eigenvalue weighted by atomic mass is 16.4. The molecule has 62 valence electrons. The Balaban J connectivity index is 2.83. The van der Waals surface area contributed by atoms with Gasteiger partial charge < -0.3 is 4.42 Å². The quantitative estimate of drug-likeness (QED) is 0.666. The lowest BCUT2D eigenvalue weighted by molar-refractivity contribution is 0.477. The van der Waals surface area contributed by atoms with Crippen molar-refractivity contribution >= 4 is 0 Å². The highest BCUT2D eigenvalue weighted by molar-refractivity contribution is 5.09. The van der Waals surface area contributed by atoms with Crippen molar-refractivity contribution in [2.45, 2.75) is 40.0 Å². The molecule has 1 aromatic rings. The second-order valence-corrected chi connectivity index (χ2v) is 2.71. The molecule has 0 aliphatic heterocycles. The van der Waals surface area contributed by atoms with Crippen LogP contribution in [0.5, 0.6) is 0 Å². The molecule has 1 heterocycles. The Bertz CT molecular complexity index is 227. The van der Waals surface area contributed by atoms with E-state index in [1.54, 1.807) is 0 Å². The first-order chi connectivity index (χ1) is 5.27. The van der Waals surface area contributed by atoms with Gasteiger partial charge in [0.25, 0.3) is 0 Å². The van der Waals surface area contributed by atoms with E-state index in [2.05, 4.69) is 18.8 Å². The van der Waals surface area contributed by atoms with Crippen molar-refractivity contribution in [2.75, 3.05) is 0 Å². The summed E-state index contributed by atoms with van der Waals surface area (Å²) < 4.78 is 5.41. The maximum Gasteiger partial charge on any atom is 0.191 e. The molecule has 0 radical (unpaired) electrons. The van der Waals surface area contributed by atoms with Crippen LogP contribution < -0.4 is 0 Å². The summed E-state index contributed by atoms with van der Waals surface area (Å²) in [5.74, 6) is 1.86. The number of aromatic nitrogens is 1. The summed E-state index contributed by atoms with van der Waals surface area (Å²) in [5, 5.41) is 0. The van der Waals surface area contributed by atoms with Crippen LogP contribution in [0.1, 0.15) is 37.6 Å². The number of rotatable bonds is 3. The second-order valence-electron chi connectivity index (χ2n) is 2.71. The summed E-state index contributed by atoms with van der Waals surface area (Å²) in [5.41, 5.74) is 1.15. The van der Waals surface area contributed by atoms with E-state index in [-0.39, 0.29) is 0 Å². The molecular formula is C9H15NO. The Morgan fingerprint density at radius 1 is 1.36 bits per heavy atom. The first kappa shape index (κ1) is 8.31. The Labute approximate surface area is 67.6 Å². The van der Waals surface area contributed by atoms with Gasteiger partial charge in [-0.1, -0.05) is 20.3 Å². The maximum atomic E-state index is 5.41. The molecule has 2 heteroatoms. The van der Waals surface area contributed by atoms with E-state index >= 15 is 0 Å². The number of hydrogen-bond donors (Lipinski definition) is 0. The monoisotopic (exact) mass is 153 g/mol. The van der Waals surface area contributed by atoms with Crippen molar-refractivity contribution < 1.29 is 4.42 Å². The van der Waals surface area contributed by atoms with Gasteiger partial charge >= 0.3 is 0 Å². The summed E-state index contributed by atoms with van der Waals surface area (Å²) in [6.45, 7) is 6.15. The molecule has 0 saturated carbocycles. The molecule has 0 amide bonds. The molecule has 0 N–H and O–H groups in total. The maximum absolute atomic E-state index is 5.41. The fourth-order valence-electron chi connectivity index (χ4n) is 1.22. The van der Waals surface area contributed by atoms with Crippen LogP contribution in [-0.2, 0) is 12.8 Å². The molecule has 0 aromatic carbocycles. The van der Waals surface area contributed by atoms with Crippen LogP contribution in [-0.4, -0.2) is 4.98 Å². The topological polar surface area (TPSA) is 26.0 Å². The van der Waals surface area contributed by atoms with Crippen LogP contribution in [0.2, 0.25) is 0 Å². The molecule has 0 spiro atoms. The first-order valence-electron chi connectivity index (χ1n) is 4.23. The molecule has 0 saturated heterocycles. The molecule has 1 aromatic heterocycles. The van der Waals surface area contributed by atoms with E-state index in [4.69, 9.17) is 4.42 Å². The van der Waals surface area contributed by atoms with Gasteiger partial charge in [0.05, 0.1) is 5.69 Å². The third-order valence-corrected chi connectivity index (χ3v) is 1.69. The lowest BCUT2D eigenvalue weighted by Crippen LogP contribution is -1.88. The standard InChI is InChI=1S/C9H15NO/c1-4-6-8-9(5-2)11-7(3)10-8/h4-6H2,1-3H3. The van der Waals surface area contributed by atoms with Crippen molar-refractivity contribution in [2.24, 2.45) is 0 Å². The molecule has 0 bridgehead atoms. The Kier molecular flexibility index (Phi) is 2.69. The highest BCUT2D eigenvalue weighted by Crippen LogP contribution is 2.12. The Morgan fingerprint density at radius 2 is 2.09 bits per heavy atom. The summed E-state index contributed by atoms with van der Waals surface area (Å²) in [6, 6.07) is 0. The molecule has 0 aliphatic rings. The minimum absolute atomic E-state index is 0.797. The van der Waals surface area contributed by atoms with Crippen LogP contribution in [0, 0.1) is 6.92 Å². The van der Waals surface area contributed by atoms with Crippen molar-refractivity contribution in [3.63, 3.8) is 0 Å². The van der Waals surface area contributed by atoms with Gasteiger partial charge in [-0.3, -0.25) is 0 Å². The van der Waals surface area contributed by atoms with E-state index in [1.165, 1.54) is 0 Å². The predicted molar refractivity (Wildman–Crippen MR) is 44.6 cm³/mol.